The molecule has 43 heavy (non-hydrogen) atoms. The van der Waals surface area contributed by atoms with Gasteiger partial charge in [-0.3, -0.25) is 10.2 Å². The third-order valence-electron chi connectivity index (χ3n) is 7.06. The van der Waals surface area contributed by atoms with Crippen LogP contribution in [0.2, 0.25) is 0 Å². The molecular formula is C31H32N6O6. The van der Waals surface area contributed by atoms with Crippen LogP contribution in [0.3, 0.4) is 0 Å². The molecule has 0 aromatic heterocycles. The molecule has 2 heterocycles. The van der Waals surface area contributed by atoms with Crippen molar-refractivity contribution in [1.82, 2.24) is 10.9 Å². The summed E-state index contributed by atoms with van der Waals surface area (Å²) in [4.78, 5) is 21.8. The normalized spacial score (nSPS) is 18.3. The lowest BCUT2D eigenvalue weighted by Crippen LogP contribution is -2.52. The molecule has 0 saturated heterocycles. The van der Waals surface area contributed by atoms with Gasteiger partial charge in [0.2, 0.25) is 12.7 Å². The van der Waals surface area contributed by atoms with Gasteiger partial charge in [-0.05, 0) is 58.6 Å². The zero-order valence-corrected chi connectivity index (χ0v) is 23.4. The summed E-state index contributed by atoms with van der Waals surface area (Å²) in [5, 5.41) is 12.8. The molecule has 0 saturated carbocycles. The zero-order chi connectivity index (χ0) is 30.1. The number of fused-ring (bicyclic) bond motifs is 1. The summed E-state index contributed by atoms with van der Waals surface area (Å²) in [5.74, 6) is 1.81. The number of azide groups is 1. The predicted octanol–water partition coefficient (Wildman–Crippen LogP) is 4.64. The largest absolute Gasteiger partial charge is 0.494 e. The Morgan fingerprint density at radius 2 is 2.00 bits per heavy atom. The number of carbonyl (C=O) groups excluding carboxylic acids is 1. The first-order valence-corrected chi connectivity index (χ1v) is 13.8. The molecule has 2 atom stereocenters. The second-order valence-corrected chi connectivity index (χ2v) is 9.86. The number of hydrogen-bond acceptors (Lipinski definition) is 9. The number of aliphatic hydroxyl groups excluding tert-OH is 1. The Hall–Kier alpha value is -5.03. The summed E-state index contributed by atoms with van der Waals surface area (Å²) >= 11 is 0. The highest BCUT2D eigenvalue weighted by molar-refractivity contribution is 6.01. The van der Waals surface area contributed by atoms with Crippen molar-refractivity contribution in [3.05, 3.63) is 112 Å². The second-order valence-electron chi connectivity index (χ2n) is 9.86. The van der Waals surface area contributed by atoms with E-state index in [-0.39, 0.29) is 32.3 Å². The van der Waals surface area contributed by atoms with Gasteiger partial charge < -0.3 is 24.1 Å². The molecule has 222 valence electrons. The zero-order valence-electron chi connectivity index (χ0n) is 23.4. The average molecular weight is 585 g/mol. The van der Waals surface area contributed by atoms with Gasteiger partial charge in [0, 0.05) is 36.5 Å². The van der Waals surface area contributed by atoms with Crippen LogP contribution in [0.5, 0.6) is 17.2 Å². The Morgan fingerprint density at radius 3 is 2.79 bits per heavy atom. The molecular weight excluding hydrogens is 552 g/mol. The molecule has 12 nitrogen and oxygen atoms in total. The van der Waals surface area contributed by atoms with E-state index in [1.165, 1.54) is 0 Å². The van der Waals surface area contributed by atoms with Gasteiger partial charge in [0.05, 0.1) is 13.2 Å². The van der Waals surface area contributed by atoms with Crippen LogP contribution in [-0.2, 0) is 22.6 Å². The van der Waals surface area contributed by atoms with E-state index in [2.05, 4.69) is 27.5 Å². The summed E-state index contributed by atoms with van der Waals surface area (Å²) in [5.41, 5.74) is 16.3. The van der Waals surface area contributed by atoms with Crippen LogP contribution < -0.4 is 25.1 Å². The maximum Gasteiger partial charge on any atom is 0.266 e. The third-order valence-corrected chi connectivity index (χ3v) is 7.06. The molecule has 3 aromatic carbocycles. The minimum absolute atomic E-state index is 0.0459. The van der Waals surface area contributed by atoms with Crippen molar-refractivity contribution in [2.75, 3.05) is 20.0 Å². The number of carbonyl (C=O) groups is 1. The first-order valence-electron chi connectivity index (χ1n) is 13.8. The smallest absolute Gasteiger partial charge is 0.266 e. The fraction of sp³-hybridized carbons (Fsp3) is 0.290. The molecule has 1 amide bonds. The molecule has 0 radical (unpaired) electrons. The third kappa shape index (κ3) is 6.57. The number of nitrogens with one attached hydrogen (secondary N) is 2. The Kier molecular flexibility index (Phi) is 9.42. The van der Waals surface area contributed by atoms with E-state index in [1.54, 1.807) is 30.3 Å². The highest BCUT2D eigenvalue weighted by Crippen LogP contribution is 2.44. The Morgan fingerprint density at radius 1 is 1.19 bits per heavy atom. The van der Waals surface area contributed by atoms with Crippen LogP contribution in [0, 0.1) is 0 Å². The molecule has 12 heteroatoms. The van der Waals surface area contributed by atoms with E-state index in [9.17, 15) is 4.79 Å². The summed E-state index contributed by atoms with van der Waals surface area (Å²) in [7, 11) is 0. The van der Waals surface area contributed by atoms with E-state index >= 15 is 0 Å². The van der Waals surface area contributed by atoms with Crippen LogP contribution in [0.15, 0.2) is 89.5 Å². The number of hydrogen-bond donors (Lipinski definition) is 3. The molecule has 0 bridgehead atoms. The van der Waals surface area contributed by atoms with Crippen LogP contribution in [0.1, 0.15) is 41.2 Å². The first-order chi connectivity index (χ1) is 21.1. The van der Waals surface area contributed by atoms with E-state index in [1.807, 2.05) is 42.5 Å². The molecule has 3 aromatic rings. The number of benzene rings is 3. The highest BCUT2D eigenvalue weighted by Gasteiger charge is 2.53. The second kappa shape index (κ2) is 13.8. The SMILES string of the molecule is C=CC[C@]1(C(=O)NNCc2ccc3c(c2)OCO3)N=C(c2ccc(OCCCO)cc2)O[C@H]1c1ccccc1CN=[N+]=[N-]. The van der Waals surface area contributed by atoms with Gasteiger partial charge in [0.1, 0.15) is 5.75 Å². The molecule has 0 fully saturated rings. The number of amides is 1. The van der Waals surface area contributed by atoms with Gasteiger partial charge in [-0.2, -0.15) is 0 Å². The van der Waals surface area contributed by atoms with Crippen molar-refractivity contribution in [2.24, 2.45) is 10.1 Å². The first kappa shape index (κ1) is 29.5. The molecule has 2 aliphatic heterocycles. The Labute approximate surface area is 248 Å². The minimum atomic E-state index is -1.43. The number of hydrazine groups is 1. The van der Waals surface area contributed by atoms with Crippen LogP contribution in [-0.4, -0.2) is 42.5 Å². The molecule has 0 spiro atoms. The summed E-state index contributed by atoms with van der Waals surface area (Å²) in [6, 6.07) is 20.1. The molecule has 0 unspecified atom stereocenters. The lowest BCUT2D eigenvalue weighted by molar-refractivity contribution is -0.129. The van der Waals surface area contributed by atoms with Crippen molar-refractivity contribution >= 4 is 11.8 Å². The highest BCUT2D eigenvalue weighted by atomic mass is 16.7. The number of rotatable bonds is 14. The van der Waals surface area contributed by atoms with E-state index < -0.39 is 17.6 Å². The van der Waals surface area contributed by atoms with Crippen LogP contribution >= 0.6 is 0 Å². The van der Waals surface area contributed by atoms with Crippen molar-refractivity contribution < 1.29 is 28.8 Å². The van der Waals surface area contributed by atoms with Gasteiger partial charge in [-0.25, -0.2) is 10.4 Å². The van der Waals surface area contributed by atoms with Gasteiger partial charge >= 0.3 is 0 Å². The summed E-state index contributed by atoms with van der Waals surface area (Å²) < 4.78 is 22.9. The number of aliphatic imine (C=N–C) groups is 1. The quantitative estimate of drug-likeness (QED) is 0.0621. The fourth-order valence-corrected chi connectivity index (χ4v) is 4.94. The predicted molar refractivity (Wildman–Crippen MR) is 158 cm³/mol. The Bertz CT molecular complexity index is 1540. The number of nitrogens with zero attached hydrogens (tertiary/aromatic N) is 4. The fourth-order valence-electron chi connectivity index (χ4n) is 4.94. The standard InChI is InChI=1S/C31H32N6O6/c1-2-14-31(30(39)36-33-18-21-8-13-26-27(17-21)42-20-41-26)28(25-7-4-3-6-23(25)19-34-37-32)43-29(35-31)22-9-11-24(12-10-22)40-16-5-15-38/h2-4,6-13,17,28,33,38H,1,5,14-16,18-20H2,(H,36,39)/t28-,31-/m0/s1. The lowest BCUT2D eigenvalue weighted by Gasteiger charge is -2.30. The summed E-state index contributed by atoms with van der Waals surface area (Å²) in [6.45, 7) is 4.91. The van der Waals surface area contributed by atoms with Crippen LogP contribution in [0.25, 0.3) is 10.4 Å². The Balaban J connectivity index is 1.44. The molecule has 2 aliphatic rings. The summed E-state index contributed by atoms with van der Waals surface area (Å²) in [6.07, 6.45) is 1.47. The maximum absolute atomic E-state index is 14.0. The number of ether oxygens (including phenoxy) is 4. The van der Waals surface area contributed by atoms with Gasteiger partial charge in [-0.15, -0.1) is 6.58 Å². The van der Waals surface area contributed by atoms with E-state index in [0.29, 0.717) is 53.5 Å². The van der Waals surface area contributed by atoms with Crippen molar-refractivity contribution in [3.63, 3.8) is 0 Å². The molecule has 0 aliphatic carbocycles. The van der Waals surface area contributed by atoms with Crippen molar-refractivity contribution in [1.29, 1.82) is 0 Å². The average Bonchev–Trinajstić information content (AvgIpc) is 3.66. The monoisotopic (exact) mass is 584 g/mol. The maximum atomic E-state index is 14.0. The van der Waals surface area contributed by atoms with Gasteiger partial charge in [0.25, 0.3) is 5.91 Å². The number of aliphatic hydroxyl groups is 1. The van der Waals surface area contributed by atoms with E-state index in [0.717, 1.165) is 5.56 Å². The van der Waals surface area contributed by atoms with Crippen molar-refractivity contribution in [3.8, 4) is 17.2 Å². The molecule has 5 rings (SSSR count). The van der Waals surface area contributed by atoms with Gasteiger partial charge in [-0.1, -0.05) is 41.5 Å². The van der Waals surface area contributed by atoms with Gasteiger partial charge in [0.15, 0.2) is 23.1 Å². The van der Waals surface area contributed by atoms with E-state index in [4.69, 9.17) is 34.6 Å². The van der Waals surface area contributed by atoms with Crippen molar-refractivity contribution in [2.45, 2.75) is 37.6 Å². The molecule has 3 N–H and O–H groups in total. The topological polar surface area (TPSA) is 159 Å². The minimum Gasteiger partial charge on any atom is -0.494 e. The van der Waals surface area contributed by atoms with Crippen LogP contribution in [0.4, 0.5) is 0 Å². The lowest BCUT2D eigenvalue weighted by atomic mass is 9.83.